The van der Waals surface area contributed by atoms with Crippen LogP contribution in [0.25, 0.3) is 0 Å². The quantitative estimate of drug-likeness (QED) is 0.926. The molecule has 0 spiro atoms. The lowest BCUT2D eigenvalue weighted by Gasteiger charge is -2.35. The number of rotatable bonds is 4. The molecule has 5 heteroatoms. The average Bonchev–Trinajstić information content (AvgIpc) is 2.49. The molecule has 0 aromatic heterocycles. The number of carbonyl (C=O) groups is 1. The molecular weight excluding hydrogens is 288 g/mol. The third-order valence-electron chi connectivity index (χ3n) is 4.43. The van der Waals surface area contributed by atoms with Crippen molar-refractivity contribution in [3.8, 4) is 0 Å². The third-order valence-corrected chi connectivity index (χ3v) is 4.43. The van der Waals surface area contributed by atoms with Gasteiger partial charge in [0.05, 0.1) is 0 Å². The Bertz CT molecular complexity index is 525. The Morgan fingerprint density at radius 3 is 2.17 bits per heavy atom. The van der Waals surface area contributed by atoms with Gasteiger partial charge in [0, 0.05) is 45.0 Å². The number of carbonyl (C=O) groups excluding carboxylic acids is 1. The number of likely N-dealkylation sites (N-methyl/N-ethyl adjacent to an activating group) is 1. The summed E-state index contributed by atoms with van der Waals surface area (Å²) in [5, 5.41) is 3.10. The molecule has 1 aliphatic rings. The minimum absolute atomic E-state index is 0.0207. The largest absolute Gasteiger partial charge is 0.322 e. The van der Waals surface area contributed by atoms with Crippen molar-refractivity contribution in [1.82, 2.24) is 14.7 Å². The van der Waals surface area contributed by atoms with Crippen LogP contribution in [0.3, 0.4) is 0 Å². The highest BCUT2D eigenvalue weighted by Crippen LogP contribution is 2.22. The van der Waals surface area contributed by atoms with E-state index in [9.17, 15) is 4.79 Å². The van der Waals surface area contributed by atoms with E-state index in [1.54, 1.807) is 0 Å². The predicted octanol–water partition coefficient (Wildman–Crippen LogP) is 2.32. The molecule has 1 aromatic rings. The minimum atomic E-state index is 0.0207. The first-order chi connectivity index (χ1) is 10.9. The molecule has 2 rings (SSSR count). The van der Waals surface area contributed by atoms with Crippen LogP contribution in [0, 0.1) is 20.8 Å². The van der Waals surface area contributed by atoms with Gasteiger partial charge in [-0.15, -0.1) is 0 Å². The van der Waals surface area contributed by atoms with Crippen molar-refractivity contribution in [2.24, 2.45) is 0 Å². The lowest BCUT2D eigenvalue weighted by Crippen LogP contribution is -2.51. The van der Waals surface area contributed by atoms with Crippen molar-refractivity contribution in [2.45, 2.75) is 20.8 Å². The fourth-order valence-corrected chi connectivity index (χ4v) is 3.08. The van der Waals surface area contributed by atoms with Crippen molar-refractivity contribution in [1.29, 1.82) is 0 Å². The highest BCUT2D eigenvalue weighted by atomic mass is 16.2. The van der Waals surface area contributed by atoms with Crippen LogP contribution in [-0.2, 0) is 0 Å². The number of benzene rings is 1. The van der Waals surface area contributed by atoms with Gasteiger partial charge in [-0.3, -0.25) is 4.90 Å². The average molecular weight is 318 g/mol. The number of nitrogens with zero attached hydrogens (tertiary/aromatic N) is 3. The number of piperazine rings is 1. The molecule has 0 bridgehead atoms. The Labute approximate surface area is 140 Å². The van der Waals surface area contributed by atoms with E-state index in [0.717, 1.165) is 56.1 Å². The second kappa shape index (κ2) is 7.79. The zero-order valence-electron chi connectivity index (χ0n) is 15.1. The minimum Gasteiger partial charge on any atom is -0.322 e. The molecule has 1 N–H and O–H groups in total. The molecule has 0 radical (unpaired) electrons. The molecule has 0 aliphatic carbocycles. The second-order valence-corrected chi connectivity index (χ2v) is 6.84. The van der Waals surface area contributed by atoms with Gasteiger partial charge in [-0.1, -0.05) is 17.7 Å². The molecule has 2 amide bonds. The molecule has 1 aliphatic heterocycles. The molecule has 5 nitrogen and oxygen atoms in total. The van der Waals surface area contributed by atoms with Crippen LogP contribution in [0.1, 0.15) is 16.7 Å². The fraction of sp³-hybridized carbons (Fsp3) is 0.611. The van der Waals surface area contributed by atoms with Gasteiger partial charge >= 0.3 is 6.03 Å². The molecular formula is C18H30N4O. The van der Waals surface area contributed by atoms with Crippen LogP contribution in [0.5, 0.6) is 0 Å². The summed E-state index contributed by atoms with van der Waals surface area (Å²) < 4.78 is 0. The van der Waals surface area contributed by atoms with Crippen molar-refractivity contribution >= 4 is 11.7 Å². The second-order valence-electron chi connectivity index (χ2n) is 6.84. The van der Waals surface area contributed by atoms with E-state index in [2.05, 4.69) is 62.1 Å². The number of hydrogen-bond acceptors (Lipinski definition) is 3. The van der Waals surface area contributed by atoms with Crippen LogP contribution in [-0.4, -0.2) is 74.1 Å². The first-order valence-corrected chi connectivity index (χ1v) is 8.37. The summed E-state index contributed by atoms with van der Waals surface area (Å²) in [6.45, 7) is 11.8. The van der Waals surface area contributed by atoms with E-state index in [1.165, 1.54) is 5.56 Å². The topological polar surface area (TPSA) is 38.8 Å². The molecule has 1 aromatic carbocycles. The van der Waals surface area contributed by atoms with Crippen LogP contribution in [0.4, 0.5) is 10.5 Å². The summed E-state index contributed by atoms with van der Waals surface area (Å²) in [6, 6.07) is 4.25. The number of anilines is 1. The number of nitrogens with one attached hydrogen (secondary N) is 1. The summed E-state index contributed by atoms with van der Waals surface area (Å²) in [5.41, 5.74) is 4.43. The Morgan fingerprint density at radius 1 is 1.09 bits per heavy atom. The normalized spacial score (nSPS) is 16.0. The Morgan fingerprint density at radius 2 is 1.65 bits per heavy atom. The summed E-state index contributed by atoms with van der Waals surface area (Å²) in [7, 11) is 4.19. The summed E-state index contributed by atoms with van der Waals surface area (Å²) >= 11 is 0. The highest BCUT2D eigenvalue weighted by Gasteiger charge is 2.21. The number of hydrogen-bond donors (Lipinski definition) is 1. The zero-order chi connectivity index (χ0) is 17.0. The van der Waals surface area contributed by atoms with Crippen molar-refractivity contribution < 1.29 is 4.79 Å². The molecule has 0 saturated carbocycles. The van der Waals surface area contributed by atoms with E-state index in [0.29, 0.717) is 0 Å². The van der Waals surface area contributed by atoms with Gasteiger partial charge < -0.3 is 15.1 Å². The number of aryl methyl sites for hydroxylation is 3. The summed E-state index contributed by atoms with van der Waals surface area (Å²) in [5.74, 6) is 0. The standard InChI is InChI=1S/C18H30N4O/c1-14-12-15(2)17(16(3)13-14)19-18(23)22-10-8-21(9-11-22)7-6-20(4)5/h12-13H,6-11H2,1-5H3,(H,19,23). The van der Waals surface area contributed by atoms with Crippen LogP contribution in [0.15, 0.2) is 12.1 Å². The Kier molecular flexibility index (Phi) is 6.02. The van der Waals surface area contributed by atoms with E-state index < -0.39 is 0 Å². The first-order valence-electron chi connectivity index (χ1n) is 8.37. The molecule has 1 fully saturated rings. The molecule has 0 atom stereocenters. The predicted molar refractivity (Wildman–Crippen MR) is 96.2 cm³/mol. The number of urea groups is 1. The summed E-state index contributed by atoms with van der Waals surface area (Å²) in [4.78, 5) is 19.1. The lowest BCUT2D eigenvalue weighted by atomic mass is 10.1. The van der Waals surface area contributed by atoms with Gasteiger partial charge in [-0.05, 0) is 46.0 Å². The first kappa shape index (κ1) is 17.8. The maximum atomic E-state index is 12.5. The maximum absolute atomic E-state index is 12.5. The molecule has 23 heavy (non-hydrogen) atoms. The number of amides is 2. The van der Waals surface area contributed by atoms with Gasteiger partial charge in [0.25, 0.3) is 0 Å². The Balaban J connectivity index is 1.88. The van der Waals surface area contributed by atoms with Crippen LogP contribution < -0.4 is 5.32 Å². The van der Waals surface area contributed by atoms with Crippen LogP contribution >= 0.6 is 0 Å². The van der Waals surface area contributed by atoms with Crippen molar-refractivity contribution in [2.75, 3.05) is 58.7 Å². The van der Waals surface area contributed by atoms with Crippen molar-refractivity contribution in [3.05, 3.63) is 28.8 Å². The van der Waals surface area contributed by atoms with Gasteiger partial charge in [-0.2, -0.15) is 0 Å². The van der Waals surface area contributed by atoms with E-state index in [-0.39, 0.29) is 6.03 Å². The van der Waals surface area contributed by atoms with Gasteiger partial charge in [0.2, 0.25) is 0 Å². The molecule has 0 unspecified atom stereocenters. The molecule has 1 heterocycles. The maximum Gasteiger partial charge on any atom is 0.321 e. The monoisotopic (exact) mass is 318 g/mol. The van der Waals surface area contributed by atoms with Gasteiger partial charge in [-0.25, -0.2) is 4.79 Å². The van der Waals surface area contributed by atoms with Gasteiger partial charge in [0.1, 0.15) is 0 Å². The van der Waals surface area contributed by atoms with E-state index in [1.807, 2.05) is 4.90 Å². The van der Waals surface area contributed by atoms with E-state index in [4.69, 9.17) is 0 Å². The smallest absolute Gasteiger partial charge is 0.321 e. The molecule has 1 saturated heterocycles. The fourth-order valence-electron chi connectivity index (χ4n) is 3.08. The third kappa shape index (κ3) is 4.94. The Hall–Kier alpha value is -1.59. The molecule has 128 valence electrons. The highest BCUT2D eigenvalue weighted by molar-refractivity contribution is 5.91. The SMILES string of the molecule is Cc1cc(C)c(NC(=O)N2CCN(CCN(C)C)CC2)c(C)c1. The van der Waals surface area contributed by atoms with E-state index >= 15 is 0 Å². The van der Waals surface area contributed by atoms with Gasteiger partial charge in [0.15, 0.2) is 0 Å². The van der Waals surface area contributed by atoms with Crippen molar-refractivity contribution in [3.63, 3.8) is 0 Å². The van der Waals surface area contributed by atoms with Crippen LogP contribution in [0.2, 0.25) is 0 Å². The summed E-state index contributed by atoms with van der Waals surface area (Å²) in [6.07, 6.45) is 0. The zero-order valence-corrected chi connectivity index (χ0v) is 15.1. The lowest BCUT2D eigenvalue weighted by molar-refractivity contribution is 0.140.